The Kier molecular flexibility index (Phi) is 2.64. The fourth-order valence-electron chi connectivity index (χ4n) is 2.05. The van der Waals surface area contributed by atoms with Crippen molar-refractivity contribution in [3.05, 3.63) is 34.5 Å². The average molecular weight is 237 g/mol. The second kappa shape index (κ2) is 3.83. The second-order valence-corrected chi connectivity index (χ2v) is 4.11. The number of hydrogen-bond donors (Lipinski definition) is 1. The minimum absolute atomic E-state index is 0.406. The summed E-state index contributed by atoms with van der Waals surface area (Å²) in [6.45, 7) is 2.04. The summed E-state index contributed by atoms with van der Waals surface area (Å²) in [5, 5.41) is 1.29. The third kappa shape index (κ3) is 1.39. The summed E-state index contributed by atoms with van der Waals surface area (Å²) < 4.78 is 1.79. The Balaban J connectivity index is 2.97. The number of benzene rings is 1. The molecule has 0 atom stereocenters. The quantitative estimate of drug-likeness (QED) is 0.856. The number of nitrogens with zero attached hydrogens (tertiary/aromatic N) is 1. The smallest absolute Gasteiger partial charge is 0.252 e. The molecule has 0 unspecified atom stereocenters. The number of aromatic nitrogens is 1. The monoisotopic (exact) mass is 236 g/mol. The van der Waals surface area contributed by atoms with E-state index in [1.54, 1.807) is 4.57 Å². The normalized spacial score (nSPS) is 10.9. The number of carbonyl (C=O) groups is 1. The van der Waals surface area contributed by atoms with Gasteiger partial charge in [0.25, 0.3) is 5.91 Å². The Labute approximate surface area is 98.8 Å². The van der Waals surface area contributed by atoms with E-state index in [4.69, 9.17) is 17.3 Å². The zero-order valence-corrected chi connectivity index (χ0v) is 10.0. The maximum atomic E-state index is 11.4. The van der Waals surface area contributed by atoms with Crippen molar-refractivity contribution in [2.45, 2.75) is 13.3 Å². The van der Waals surface area contributed by atoms with Gasteiger partial charge in [-0.25, -0.2) is 0 Å². The van der Waals surface area contributed by atoms with Gasteiger partial charge in [0.05, 0.1) is 11.1 Å². The van der Waals surface area contributed by atoms with Crippen LogP contribution in [-0.4, -0.2) is 10.5 Å². The summed E-state index contributed by atoms with van der Waals surface area (Å²) >= 11 is 6.12. The lowest BCUT2D eigenvalue weighted by Crippen LogP contribution is -2.11. The van der Waals surface area contributed by atoms with Gasteiger partial charge < -0.3 is 10.3 Å². The molecule has 1 aromatic carbocycles. The highest BCUT2D eigenvalue weighted by Gasteiger charge is 2.19. The molecule has 84 valence electrons. The standard InChI is InChI=1S/C12H13ClN2O/c1-3-7-5-4-6-8-9(7)10(12(14)16)11(13)15(8)2/h4-6H,3H2,1-2H3,(H2,14,16). The number of nitrogens with two attached hydrogens (primary N) is 1. The van der Waals surface area contributed by atoms with E-state index < -0.39 is 5.91 Å². The van der Waals surface area contributed by atoms with Gasteiger partial charge in [0.15, 0.2) is 0 Å². The maximum Gasteiger partial charge on any atom is 0.252 e. The molecule has 2 aromatic rings. The Morgan fingerprint density at radius 3 is 2.75 bits per heavy atom. The molecule has 0 fully saturated rings. The van der Waals surface area contributed by atoms with Crippen molar-refractivity contribution < 1.29 is 4.79 Å². The van der Waals surface area contributed by atoms with E-state index in [0.29, 0.717) is 10.7 Å². The zero-order chi connectivity index (χ0) is 11.9. The van der Waals surface area contributed by atoms with Gasteiger partial charge in [0, 0.05) is 12.4 Å². The fourth-order valence-corrected chi connectivity index (χ4v) is 2.33. The predicted molar refractivity (Wildman–Crippen MR) is 65.8 cm³/mol. The zero-order valence-electron chi connectivity index (χ0n) is 9.25. The third-order valence-corrected chi connectivity index (χ3v) is 3.31. The number of aryl methyl sites for hydroxylation is 2. The molecule has 16 heavy (non-hydrogen) atoms. The summed E-state index contributed by atoms with van der Waals surface area (Å²) in [7, 11) is 1.83. The molecule has 0 spiro atoms. The molecule has 0 bridgehead atoms. The first-order valence-electron chi connectivity index (χ1n) is 5.13. The Hall–Kier alpha value is -1.48. The van der Waals surface area contributed by atoms with E-state index >= 15 is 0 Å². The third-order valence-electron chi connectivity index (χ3n) is 2.87. The summed E-state index contributed by atoms with van der Waals surface area (Å²) in [6.07, 6.45) is 0.845. The SMILES string of the molecule is CCc1cccc2c1c(C(N)=O)c(Cl)n2C. The summed E-state index contributed by atoms with van der Waals surface area (Å²) in [6, 6.07) is 5.89. The lowest BCUT2D eigenvalue weighted by atomic mass is 10.0. The Bertz CT molecular complexity index is 572. The number of rotatable bonds is 2. The predicted octanol–water partition coefficient (Wildman–Crippen LogP) is 2.49. The molecule has 0 aliphatic carbocycles. The van der Waals surface area contributed by atoms with Gasteiger partial charge in [-0.1, -0.05) is 30.7 Å². The van der Waals surface area contributed by atoms with E-state index in [1.807, 2.05) is 32.2 Å². The van der Waals surface area contributed by atoms with Crippen LogP contribution in [-0.2, 0) is 13.5 Å². The number of hydrogen-bond acceptors (Lipinski definition) is 1. The van der Waals surface area contributed by atoms with E-state index in [0.717, 1.165) is 22.9 Å². The molecule has 1 amide bonds. The van der Waals surface area contributed by atoms with Gasteiger partial charge >= 0.3 is 0 Å². The van der Waals surface area contributed by atoms with Crippen LogP contribution in [0.15, 0.2) is 18.2 Å². The van der Waals surface area contributed by atoms with Crippen molar-refractivity contribution >= 4 is 28.4 Å². The number of primary amides is 1. The van der Waals surface area contributed by atoms with Crippen LogP contribution in [0.5, 0.6) is 0 Å². The minimum Gasteiger partial charge on any atom is -0.365 e. The van der Waals surface area contributed by atoms with Gasteiger partial charge in [-0.15, -0.1) is 0 Å². The van der Waals surface area contributed by atoms with Crippen molar-refractivity contribution in [2.24, 2.45) is 12.8 Å². The van der Waals surface area contributed by atoms with Gasteiger partial charge in [-0.05, 0) is 18.1 Å². The summed E-state index contributed by atoms with van der Waals surface area (Å²) in [5.74, 6) is -0.475. The van der Waals surface area contributed by atoms with Crippen LogP contribution < -0.4 is 5.73 Å². The lowest BCUT2D eigenvalue weighted by Gasteiger charge is -2.01. The first-order chi connectivity index (χ1) is 7.57. The molecular weight excluding hydrogens is 224 g/mol. The summed E-state index contributed by atoms with van der Waals surface area (Å²) in [4.78, 5) is 11.4. The van der Waals surface area contributed by atoms with Crippen molar-refractivity contribution in [1.82, 2.24) is 4.57 Å². The molecule has 1 heterocycles. The Morgan fingerprint density at radius 2 is 2.19 bits per heavy atom. The van der Waals surface area contributed by atoms with E-state index in [1.165, 1.54) is 0 Å². The molecule has 0 aliphatic rings. The molecule has 0 saturated heterocycles. The van der Waals surface area contributed by atoms with Crippen LogP contribution in [0.2, 0.25) is 5.15 Å². The van der Waals surface area contributed by atoms with Crippen molar-refractivity contribution in [1.29, 1.82) is 0 Å². The number of fused-ring (bicyclic) bond motifs is 1. The van der Waals surface area contributed by atoms with Crippen LogP contribution in [0.4, 0.5) is 0 Å². The van der Waals surface area contributed by atoms with Crippen LogP contribution in [0.3, 0.4) is 0 Å². The van der Waals surface area contributed by atoms with Gasteiger partial charge in [0.2, 0.25) is 0 Å². The van der Waals surface area contributed by atoms with Gasteiger partial charge in [0.1, 0.15) is 5.15 Å². The van der Waals surface area contributed by atoms with Crippen molar-refractivity contribution in [3.8, 4) is 0 Å². The molecule has 3 nitrogen and oxygen atoms in total. The largest absolute Gasteiger partial charge is 0.365 e. The molecular formula is C12H13ClN2O. The van der Waals surface area contributed by atoms with Crippen LogP contribution in [0.1, 0.15) is 22.8 Å². The van der Waals surface area contributed by atoms with Gasteiger partial charge in [-0.3, -0.25) is 4.79 Å². The minimum atomic E-state index is -0.475. The average Bonchev–Trinajstić information content (AvgIpc) is 2.52. The van der Waals surface area contributed by atoms with E-state index in [9.17, 15) is 4.79 Å². The highest BCUT2D eigenvalue weighted by atomic mass is 35.5. The highest BCUT2D eigenvalue weighted by Crippen LogP contribution is 2.31. The number of amides is 1. The van der Waals surface area contributed by atoms with E-state index in [2.05, 4.69) is 0 Å². The Morgan fingerprint density at radius 1 is 1.50 bits per heavy atom. The maximum absolute atomic E-state index is 11.4. The van der Waals surface area contributed by atoms with Crippen molar-refractivity contribution in [3.63, 3.8) is 0 Å². The van der Waals surface area contributed by atoms with Gasteiger partial charge in [-0.2, -0.15) is 0 Å². The molecule has 4 heteroatoms. The molecule has 1 aromatic heterocycles. The molecule has 0 aliphatic heterocycles. The molecule has 0 radical (unpaired) electrons. The molecule has 2 rings (SSSR count). The highest BCUT2D eigenvalue weighted by molar-refractivity contribution is 6.35. The first-order valence-corrected chi connectivity index (χ1v) is 5.51. The van der Waals surface area contributed by atoms with Crippen LogP contribution in [0.25, 0.3) is 10.9 Å². The topological polar surface area (TPSA) is 48.0 Å². The summed E-state index contributed by atoms with van der Waals surface area (Å²) in [5.41, 5.74) is 7.84. The second-order valence-electron chi connectivity index (χ2n) is 3.75. The molecule has 0 saturated carbocycles. The van der Waals surface area contributed by atoms with Crippen LogP contribution in [0, 0.1) is 0 Å². The fraction of sp³-hybridized carbons (Fsp3) is 0.250. The number of halogens is 1. The van der Waals surface area contributed by atoms with Crippen LogP contribution >= 0.6 is 11.6 Å². The number of carbonyl (C=O) groups excluding carboxylic acids is 1. The van der Waals surface area contributed by atoms with E-state index in [-0.39, 0.29) is 0 Å². The molecule has 2 N–H and O–H groups in total. The van der Waals surface area contributed by atoms with Crippen molar-refractivity contribution in [2.75, 3.05) is 0 Å². The first kappa shape index (κ1) is 11.0. The lowest BCUT2D eigenvalue weighted by molar-refractivity contribution is 0.100.